The molecule has 1 aromatic carbocycles. The van der Waals surface area contributed by atoms with Crippen molar-refractivity contribution in [1.82, 2.24) is 30.0 Å². The van der Waals surface area contributed by atoms with Crippen molar-refractivity contribution in [2.75, 3.05) is 7.11 Å². The minimum atomic E-state index is -0.170. The van der Waals surface area contributed by atoms with Crippen molar-refractivity contribution < 1.29 is 9.53 Å². The maximum Gasteiger partial charge on any atom is 0.242 e. The number of carbonyl (C=O) groups excluding carboxylic acids is 1. The molecular weight excluding hydrogens is 416 g/mol. The van der Waals surface area contributed by atoms with E-state index in [1.54, 1.807) is 11.8 Å². The third-order valence-corrected chi connectivity index (χ3v) is 6.07. The summed E-state index contributed by atoms with van der Waals surface area (Å²) in [5.41, 5.74) is 5.81. The first-order valence-corrected chi connectivity index (χ1v) is 11.2. The number of methoxy groups -OCH3 is 1. The number of carbonyl (C=O) groups is 1. The second-order valence-corrected chi connectivity index (χ2v) is 8.21. The number of benzene rings is 1. The van der Waals surface area contributed by atoms with Gasteiger partial charge in [0.1, 0.15) is 5.82 Å². The number of nitrogens with one attached hydrogen (secondary N) is 2. The van der Waals surface area contributed by atoms with Gasteiger partial charge in [0, 0.05) is 19.2 Å². The Morgan fingerprint density at radius 3 is 2.70 bits per heavy atom. The van der Waals surface area contributed by atoms with Crippen LogP contribution in [0.4, 0.5) is 0 Å². The molecule has 8 heteroatoms. The standard InChI is InChI=1S/C25H30N6O2/c1-6-19(23-26-14-20(29-23)17-10-8-7-9-11-17)28-21(32)13-12-18-15(2)22-24(27-16(18)3)31(4)30-25(22)33-5/h7-11,14,19H,6,12-13H2,1-5H3,(H,26,29)(H,28,32). The third-order valence-electron chi connectivity index (χ3n) is 6.07. The van der Waals surface area contributed by atoms with Crippen LogP contribution in [0.25, 0.3) is 22.3 Å². The smallest absolute Gasteiger partial charge is 0.242 e. The van der Waals surface area contributed by atoms with Crippen molar-refractivity contribution in [3.8, 4) is 17.1 Å². The van der Waals surface area contributed by atoms with E-state index in [1.807, 2.05) is 64.3 Å². The topological polar surface area (TPSA) is 97.7 Å². The molecule has 0 bridgehead atoms. The second-order valence-electron chi connectivity index (χ2n) is 8.21. The molecular formula is C25H30N6O2. The molecule has 3 aromatic heterocycles. The number of hydrogen-bond acceptors (Lipinski definition) is 5. The predicted octanol–water partition coefficient (Wildman–Crippen LogP) is 4.18. The number of fused-ring (bicyclic) bond motifs is 1. The molecule has 0 saturated carbocycles. The van der Waals surface area contributed by atoms with Crippen LogP contribution in [0.15, 0.2) is 36.5 Å². The predicted molar refractivity (Wildman–Crippen MR) is 128 cm³/mol. The minimum Gasteiger partial charge on any atom is -0.479 e. The zero-order valence-corrected chi connectivity index (χ0v) is 19.8. The monoisotopic (exact) mass is 446 g/mol. The summed E-state index contributed by atoms with van der Waals surface area (Å²) in [5, 5.41) is 8.42. The maximum atomic E-state index is 12.8. The van der Waals surface area contributed by atoms with Gasteiger partial charge in [-0.2, -0.15) is 0 Å². The molecule has 1 atom stereocenters. The zero-order chi connectivity index (χ0) is 23.5. The number of imidazole rings is 1. The molecule has 0 radical (unpaired) electrons. The molecule has 4 rings (SSSR count). The van der Waals surface area contributed by atoms with Gasteiger partial charge in [-0.1, -0.05) is 37.3 Å². The van der Waals surface area contributed by atoms with Crippen molar-refractivity contribution in [2.24, 2.45) is 7.05 Å². The van der Waals surface area contributed by atoms with Gasteiger partial charge in [-0.3, -0.25) is 4.79 Å². The van der Waals surface area contributed by atoms with Crippen LogP contribution in [-0.2, 0) is 18.3 Å². The summed E-state index contributed by atoms with van der Waals surface area (Å²) >= 11 is 0. The highest BCUT2D eigenvalue weighted by atomic mass is 16.5. The molecule has 1 amide bonds. The summed E-state index contributed by atoms with van der Waals surface area (Å²) in [6.45, 7) is 6.05. The lowest BCUT2D eigenvalue weighted by Gasteiger charge is -2.16. The van der Waals surface area contributed by atoms with Crippen molar-refractivity contribution in [1.29, 1.82) is 0 Å². The van der Waals surface area contributed by atoms with Gasteiger partial charge >= 0.3 is 0 Å². The van der Waals surface area contributed by atoms with Gasteiger partial charge in [0.25, 0.3) is 0 Å². The number of rotatable bonds is 8. The van der Waals surface area contributed by atoms with Gasteiger partial charge in [0.2, 0.25) is 11.8 Å². The summed E-state index contributed by atoms with van der Waals surface area (Å²) in [4.78, 5) is 25.4. The van der Waals surface area contributed by atoms with Crippen LogP contribution < -0.4 is 10.1 Å². The lowest BCUT2D eigenvalue weighted by atomic mass is 10.00. The summed E-state index contributed by atoms with van der Waals surface area (Å²) in [6, 6.07) is 9.86. The van der Waals surface area contributed by atoms with Crippen molar-refractivity contribution >= 4 is 16.9 Å². The van der Waals surface area contributed by atoms with Crippen LogP contribution in [0.1, 0.15) is 48.5 Å². The van der Waals surface area contributed by atoms with E-state index in [1.165, 1.54) is 0 Å². The largest absolute Gasteiger partial charge is 0.479 e. The lowest BCUT2D eigenvalue weighted by Crippen LogP contribution is -2.29. The van der Waals surface area contributed by atoms with E-state index in [9.17, 15) is 4.79 Å². The number of H-pyrrole nitrogens is 1. The van der Waals surface area contributed by atoms with Crippen LogP contribution in [0, 0.1) is 13.8 Å². The Balaban J connectivity index is 1.47. The average Bonchev–Trinajstić information content (AvgIpc) is 3.43. The summed E-state index contributed by atoms with van der Waals surface area (Å²) in [6.07, 6.45) is 3.51. The molecule has 1 unspecified atom stereocenters. The van der Waals surface area contributed by atoms with E-state index in [4.69, 9.17) is 9.72 Å². The van der Waals surface area contributed by atoms with Gasteiger partial charge in [0.05, 0.1) is 30.4 Å². The van der Waals surface area contributed by atoms with E-state index in [2.05, 4.69) is 20.4 Å². The molecule has 0 fully saturated rings. The van der Waals surface area contributed by atoms with Crippen molar-refractivity contribution in [3.63, 3.8) is 0 Å². The minimum absolute atomic E-state index is 0.0171. The van der Waals surface area contributed by atoms with Gasteiger partial charge < -0.3 is 15.0 Å². The Morgan fingerprint density at radius 2 is 2.00 bits per heavy atom. The van der Waals surface area contributed by atoms with E-state index in [-0.39, 0.29) is 11.9 Å². The molecule has 0 aliphatic heterocycles. The molecule has 4 aromatic rings. The fourth-order valence-electron chi connectivity index (χ4n) is 4.25. The first-order valence-electron chi connectivity index (χ1n) is 11.2. The lowest BCUT2D eigenvalue weighted by molar-refractivity contribution is -0.121. The van der Waals surface area contributed by atoms with Crippen LogP contribution in [-0.4, -0.2) is 37.7 Å². The molecule has 172 valence electrons. The highest BCUT2D eigenvalue weighted by Crippen LogP contribution is 2.30. The Kier molecular flexibility index (Phi) is 6.44. The van der Waals surface area contributed by atoms with Crippen LogP contribution in [0.2, 0.25) is 0 Å². The summed E-state index contributed by atoms with van der Waals surface area (Å²) < 4.78 is 7.16. The average molecular weight is 447 g/mol. The molecule has 8 nitrogen and oxygen atoms in total. The van der Waals surface area contributed by atoms with E-state index in [0.717, 1.165) is 51.4 Å². The van der Waals surface area contributed by atoms with Gasteiger partial charge in [0.15, 0.2) is 5.65 Å². The molecule has 0 saturated heterocycles. The highest BCUT2D eigenvalue weighted by Gasteiger charge is 2.20. The quantitative estimate of drug-likeness (QED) is 0.423. The Hall–Kier alpha value is -3.68. The van der Waals surface area contributed by atoms with Crippen molar-refractivity contribution in [2.45, 2.75) is 46.1 Å². The second kappa shape index (κ2) is 9.44. The number of aromatic amines is 1. The first kappa shape index (κ1) is 22.5. The van der Waals surface area contributed by atoms with E-state index in [0.29, 0.717) is 18.7 Å². The maximum absolute atomic E-state index is 12.8. The Bertz CT molecular complexity index is 1280. The third kappa shape index (κ3) is 4.46. The van der Waals surface area contributed by atoms with Crippen LogP contribution in [0.5, 0.6) is 5.88 Å². The summed E-state index contributed by atoms with van der Waals surface area (Å²) in [5.74, 6) is 1.30. The number of hydrogen-bond donors (Lipinski definition) is 2. The SMILES string of the molecule is CCC(NC(=O)CCc1c(C)nc2c(c(OC)nn2C)c1C)c1ncc(-c2ccccc2)[nH]1. The Labute approximate surface area is 193 Å². The Morgan fingerprint density at radius 1 is 1.24 bits per heavy atom. The first-order chi connectivity index (χ1) is 15.9. The molecule has 0 aliphatic rings. The highest BCUT2D eigenvalue weighted by molar-refractivity contribution is 5.86. The van der Waals surface area contributed by atoms with Crippen LogP contribution >= 0.6 is 0 Å². The fourth-order valence-corrected chi connectivity index (χ4v) is 4.25. The van der Waals surface area contributed by atoms with Crippen molar-refractivity contribution in [3.05, 3.63) is 59.2 Å². The number of aryl methyl sites for hydroxylation is 3. The molecule has 33 heavy (non-hydrogen) atoms. The molecule has 0 spiro atoms. The summed E-state index contributed by atoms with van der Waals surface area (Å²) in [7, 11) is 3.46. The van der Waals surface area contributed by atoms with E-state index >= 15 is 0 Å². The van der Waals surface area contributed by atoms with Gasteiger partial charge in [-0.15, -0.1) is 5.10 Å². The number of aromatic nitrogens is 5. The normalized spacial score (nSPS) is 12.2. The number of ether oxygens (including phenoxy) is 1. The molecule has 2 N–H and O–H groups in total. The van der Waals surface area contributed by atoms with Gasteiger partial charge in [-0.05, 0) is 43.4 Å². The fraction of sp³-hybridized carbons (Fsp3) is 0.360. The van der Waals surface area contributed by atoms with Gasteiger partial charge in [-0.25, -0.2) is 14.6 Å². The molecule has 0 aliphatic carbocycles. The number of nitrogens with zero attached hydrogens (tertiary/aromatic N) is 4. The molecule has 3 heterocycles. The van der Waals surface area contributed by atoms with E-state index < -0.39 is 0 Å². The van der Waals surface area contributed by atoms with Crippen LogP contribution in [0.3, 0.4) is 0 Å². The zero-order valence-electron chi connectivity index (χ0n) is 19.8. The number of amides is 1. The number of pyridine rings is 1.